The van der Waals surface area contributed by atoms with E-state index < -0.39 is 0 Å². The molecule has 1 N–H and O–H groups in total. The monoisotopic (exact) mass is 303 g/mol. The molecule has 0 heterocycles. The Balaban J connectivity index is 1.50. The highest BCUT2D eigenvalue weighted by molar-refractivity contribution is 5.76. The van der Waals surface area contributed by atoms with Crippen LogP contribution in [0.4, 0.5) is 0 Å². The highest BCUT2D eigenvalue weighted by atomic mass is 16.5. The minimum absolute atomic E-state index is 0.173. The fraction of sp³-hybridized carbons (Fsp3) is 0.611. The Kier molecular flexibility index (Phi) is 4.55. The Labute approximate surface area is 132 Å². The quantitative estimate of drug-likeness (QED) is 0.878. The van der Waals surface area contributed by atoms with Crippen LogP contribution in [0.1, 0.15) is 37.7 Å². The first kappa shape index (κ1) is 15.2. The van der Waals surface area contributed by atoms with Crippen molar-refractivity contribution in [3.63, 3.8) is 0 Å². The van der Waals surface area contributed by atoms with Crippen molar-refractivity contribution in [1.82, 2.24) is 5.32 Å². The maximum absolute atomic E-state index is 12.2. The van der Waals surface area contributed by atoms with Crippen molar-refractivity contribution in [1.29, 1.82) is 0 Å². The lowest BCUT2D eigenvalue weighted by atomic mass is 9.86. The predicted octanol–water partition coefficient (Wildman–Crippen LogP) is 3.15. The van der Waals surface area contributed by atoms with Crippen molar-refractivity contribution in [2.24, 2.45) is 17.8 Å². The SMILES string of the molecule is COc1ccc(CNC(=O)C[C@@H]2C[C@H]3CC[C@@H]2C3)cc1OC. The number of benzene rings is 1. The van der Waals surface area contributed by atoms with E-state index in [1.54, 1.807) is 14.2 Å². The third-order valence-electron chi connectivity index (χ3n) is 5.27. The third-order valence-corrected chi connectivity index (χ3v) is 5.27. The lowest BCUT2D eigenvalue weighted by Gasteiger charge is -2.21. The number of rotatable bonds is 6. The topological polar surface area (TPSA) is 47.6 Å². The molecule has 0 radical (unpaired) electrons. The molecule has 4 nitrogen and oxygen atoms in total. The number of carbonyl (C=O) groups excluding carboxylic acids is 1. The minimum Gasteiger partial charge on any atom is -0.493 e. The van der Waals surface area contributed by atoms with Gasteiger partial charge in [0.15, 0.2) is 11.5 Å². The van der Waals surface area contributed by atoms with E-state index in [0.29, 0.717) is 30.4 Å². The summed E-state index contributed by atoms with van der Waals surface area (Å²) in [6.07, 6.45) is 6.02. The van der Waals surface area contributed by atoms with E-state index in [-0.39, 0.29) is 5.91 Å². The summed E-state index contributed by atoms with van der Waals surface area (Å²) in [5.41, 5.74) is 1.03. The molecule has 1 amide bonds. The van der Waals surface area contributed by atoms with Gasteiger partial charge in [0.1, 0.15) is 0 Å². The van der Waals surface area contributed by atoms with Gasteiger partial charge in [-0.05, 0) is 54.7 Å². The Morgan fingerprint density at radius 2 is 2.00 bits per heavy atom. The molecule has 0 spiro atoms. The Morgan fingerprint density at radius 3 is 2.64 bits per heavy atom. The first-order chi connectivity index (χ1) is 10.7. The van der Waals surface area contributed by atoms with Crippen LogP contribution in [-0.2, 0) is 11.3 Å². The molecule has 3 atom stereocenters. The number of nitrogens with one attached hydrogen (secondary N) is 1. The summed E-state index contributed by atoms with van der Waals surface area (Å²) >= 11 is 0. The van der Waals surface area contributed by atoms with Crippen LogP contribution in [0.25, 0.3) is 0 Å². The van der Waals surface area contributed by atoms with E-state index >= 15 is 0 Å². The van der Waals surface area contributed by atoms with Gasteiger partial charge in [0.25, 0.3) is 0 Å². The predicted molar refractivity (Wildman–Crippen MR) is 84.9 cm³/mol. The van der Waals surface area contributed by atoms with E-state index in [2.05, 4.69) is 5.32 Å². The molecule has 0 saturated heterocycles. The van der Waals surface area contributed by atoms with Crippen LogP contribution in [0.15, 0.2) is 18.2 Å². The van der Waals surface area contributed by atoms with Crippen molar-refractivity contribution >= 4 is 5.91 Å². The molecule has 0 unspecified atom stereocenters. The van der Waals surface area contributed by atoms with Crippen LogP contribution < -0.4 is 14.8 Å². The minimum atomic E-state index is 0.173. The second kappa shape index (κ2) is 6.59. The molecular weight excluding hydrogens is 278 g/mol. The summed E-state index contributed by atoms with van der Waals surface area (Å²) in [7, 11) is 3.24. The first-order valence-electron chi connectivity index (χ1n) is 8.17. The van der Waals surface area contributed by atoms with Crippen molar-refractivity contribution in [3.05, 3.63) is 23.8 Å². The Morgan fingerprint density at radius 1 is 1.18 bits per heavy atom. The van der Waals surface area contributed by atoms with E-state index in [4.69, 9.17) is 9.47 Å². The van der Waals surface area contributed by atoms with Crippen molar-refractivity contribution < 1.29 is 14.3 Å². The molecule has 2 aliphatic rings. The number of fused-ring (bicyclic) bond motifs is 2. The van der Waals surface area contributed by atoms with Crippen LogP contribution in [0.5, 0.6) is 11.5 Å². The van der Waals surface area contributed by atoms with Crippen LogP contribution in [-0.4, -0.2) is 20.1 Å². The number of methoxy groups -OCH3 is 2. The van der Waals surface area contributed by atoms with Crippen molar-refractivity contribution in [3.8, 4) is 11.5 Å². The van der Waals surface area contributed by atoms with Gasteiger partial charge in [-0.2, -0.15) is 0 Å². The van der Waals surface area contributed by atoms with E-state index in [1.807, 2.05) is 18.2 Å². The largest absolute Gasteiger partial charge is 0.493 e. The zero-order chi connectivity index (χ0) is 15.5. The highest BCUT2D eigenvalue weighted by Crippen LogP contribution is 2.49. The standard InChI is InChI=1S/C18H25NO3/c1-21-16-6-4-13(9-17(16)22-2)11-19-18(20)10-15-8-12-3-5-14(15)7-12/h4,6,9,12,14-15H,3,5,7-8,10-11H2,1-2H3,(H,19,20)/t12-,14+,15-/m0/s1. The van der Waals surface area contributed by atoms with Gasteiger partial charge in [-0.15, -0.1) is 0 Å². The molecule has 1 aromatic carbocycles. The summed E-state index contributed by atoms with van der Waals surface area (Å²) in [6, 6.07) is 5.74. The summed E-state index contributed by atoms with van der Waals surface area (Å²) in [6.45, 7) is 0.542. The molecule has 0 aromatic heterocycles. The summed E-state index contributed by atoms with van der Waals surface area (Å²) in [5.74, 6) is 3.89. The smallest absolute Gasteiger partial charge is 0.220 e. The summed E-state index contributed by atoms with van der Waals surface area (Å²) in [4.78, 5) is 12.2. The number of hydrogen-bond acceptors (Lipinski definition) is 3. The number of hydrogen-bond donors (Lipinski definition) is 1. The van der Waals surface area contributed by atoms with E-state index in [0.717, 1.165) is 17.4 Å². The maximum atomic E-state index is 12.2. The molecule has 2 bridgehead atoms. The fourth-order valence-corrected chi connectivity index (χ4v) is 4.13. The van der Waals surface area contributed by atoms with Gasteiger partial charge in [-0.3, -0.25) is 4.79 Å². The molecule has 2 saturated carbocycles. The Hall–Kier alpha value is -1.71. The average Bonchev–Trinajstić information content (AvgIpc) is 3.15. The third kappa shape index (κ3) is 3.21. The van der Waals surface area contributed by atoms with E-state index in [9.17, 15) is 4.79 Å². The molecule has 120 valence electrons. The zero-order valence-electron chi connectivity index (χ0n) is 13.4. The second-order valence-electron chi connectivity index (χ2n) is 6.61. The van der Waals surface area contributed by atoms with Gasteiger partial charge < -0.3 is 14.8 Å². The summed E-state index contributed by atoms with van der Waals surface area (Å²) < 4.78 is 10.5. The normalized spacial score (nSPS) is 26.0. The molecule has 22 heavy (non-hydrogen) atoms. The van der Waals surface area contributed by atoms with Crippen LogP contribution in [0.3, 0.4) is 0 Å². The molecule has 1 aromatic rings. The zero-order valence-corrected chi connectivity index (χ0v) is 13.4. The highest BCUT2D eigenvalue weighted by Gasteiger charge is 2.39. The molecule has 0 aliphatic heterocycles. The average molecular weight is 303 g/mol. The van der Waals surface area contributed by atoms with Gasteiger partial charge in [0, 0.05) is 13.0 Å². The lowest BCUT2D eigenvalue weighted by Crippen LogP contribution is -2.26. The summed E-state index contributed by atoms with van der Waals surface area (Å²) in [5, 5.41) is 3.04. The molecule has 4 heteroatoms. The van der Waals surface area contributed by atoms with E-state index in [1.165, 1.54) is 25.7 Å². The van der Waals surface area contributed by atoms with Gasteiger partial charge >= 0.3 is 0 Å². The number of amides is 1. The number of carbonyl (C=O) groups is 1. The lowest BCUT2D eigenvalue weighted by molar-refractivity contribution is -0.122. The first-order valence-corrected chi connectivity index (χ1v) is 8.17. The van der Waals surface area contributed by atoms with Crippen LogP contribution in [0.2, 0.25) is 0 Å². The van der Waals surface area contributed by atoms with Crippen LogP contribution in [0, 0.1) is 17.8 Å². The van der Waals surface area contributed by atoms with Gasteiger partial charge in [-0.1, -0.05) is 12.5 Å². The van der Waals surface area contributed by atoms with Gasteiger partial charge in [-0.25, -0.2) is 0 Å². The number of ether oxygens (including phenoxy) is 2. The van der Waals surface area contributed by atoms with Crippen molar-refractivity contribution in [2.75, 3.05) is 14.2 Å². The van der Waals surface area contributed by atoms with Crippen molar-refractivity contribution in [2.45, 2.75) is 38.6 Å². The molecule has 2 aliphatic carbocycles. The fourth-order valence-electron chi connectivity index (χ4n) is 4.13. The second-order valence-corrected chi connectivity index (χ2v) is 6.61. The molecular formula is C18H25NO3. The Bertz CT molecular complexity index is 543. The van der Waals surface area contributed by atoms with Crippen LogP contribution >= 0.6 is 0 Å². The van der Waals surface area contributed by atoms with Gasteiger partial charge in [0.05, 0.1) is 14.2 Å². The van der Waals surface area contributed by atoms with Gasteiger partial charge in [0.2, 0.25) is 5.91 Å². The maximum Gasteiger partial charge on any atom is 0.220 e. The molecule has 3 rings (SSSR count). The molecule has 2 fully saturated rings.